The number of aromatic nitrogens is 2. The van der Waals surface area contributed by atoms with E-state index in [0.29, 0.717) is 17.1 Å². The Morgan fingerprint density at radius 3 is 2.72 bits per heavy atom. The molecule has 0 atom stereocenters. The van der Waals surface area contributed by atoms with E-state index in [1.54, 1.807) is 24.5 Å². The summed E-state index contributed by atoms with van der Waals surface area (Å²) in [6.07, 6.45) is 7.58. The molecule has 1 aliphatic heterocycles. The lowest BCUT2D eigenvalue weighted by Gasteiger charge is -2.26. The number of thioether (sulfide) groups is 1. The van der Waals surface area contributed by atoms with Crippen molar-refractivity contribution >= 4 is 34.8 Å². The van der Waals surface area contributed by atoms with Crippen molar-refractivity contribution in [2.45, 2.75) is 37.8 Å². The van der Waals surface area contributed by atoms with Gasteiger partial charge in [-0.15, -0.1) is 0 Å². The zero-order chi connectivity index (χ0) is 20.4. The molecule has 0 radical (unpaired) electrons. The molecule has 2 amide bonds. The SMILES string of the molecule is O=C1NC(=O)C(=Cc2cc(-c3cncc(NC4CCC(O)CC4)n3)ccc2F)S1. The first-order valence-electron chi connectivity index (χ1n) is 9.29. The highest BCUT2D eigenvalue weighted by Crippen LogP contribution is 2.29. The molecular weight excluding hydrogens is 395 g/mol. The molecule has 1 aromatic heterocycles. The molecule has 0 bridgehead atoms. The number of hydrogen-bond donors (Lipinski definition) is 3. The van der Waals surface area contributed by atoms with E-state index in [9.17, 15) is 19.1 Å². The van der Waals surface area contributed by atoms with Gasteiger partial charge >= 0.3 is 0 Å². The summed E-state index contributed by atoms with van der Waals surface area (Å²) in [6, 6.07) is 4.69. The first-order chi connectivity index (χ1) is 14.0. The molecule has 2 aliphatic rings. The quantitative estimate of drug-likeness (QED) is 0.659. The van der Waals surface area contributed by atoms with E-state index in [0.717, 1.165) is 37.4 Å². The van der Waals surface area contributed by atoms with E-state index in [1.807, 2.05) is 0 Å². The molecule has 0 spiro atoms. The number of rotatable bonds is 4. The van der Waals surface area contributed by atoms with E-state index >= 15 is 0 Å². The van der Waals surface area contributed by atoms with Crippen LogP contribution in [-0.4, -0.2) is 38.4 Å². The Hall–Kier alpha value is -2.78. The van der Waals surface area contributed by atoms with Crippen molar-refractivity contribution in [1.82, 2.24) is 15.3 Å². The Kier molecular flexibility index (Phi) is 5.59. The minimum absolute atomic E-state index is 0.145. The molecule has 7 nitrogen and oxygen atoms in total. The maximum Gasteiger partial charge on any atom is 0.290 e. The van der Waals surface area contributed by atoms with Crippen LogP contribution in [0.5, 0.6) is 0 Å². The van der Waals surface area contributed by atoms with Crippen LogP contribution in [0.15, 0.2) is 35.5 Å². The van der Waals surface area contributed by atoms with Crippen molar-refractivity contribution in [3.63, 3.8) is 0 Å². The maximum atomic E-state index is 14.2. The third-order valence-corrected chi connectivity index (χ3v) is 5.71. The van der Waals surface area contributed by atoms with Crippen LogP contribution in [0.4, 0.5) is 15.0 Å². The number of hydrogen-bond acceptors (Lipinski definition) is 7. The lowest BCUT2D eigenvalue weighted by Crippen LogP contribution is -2.28. The first kappa shape index (κ1) is 19.5. The monoisotopic (exact) mass is 414 g/mol. The van der Waals surface area contributed by atoms with Gasteiger partial charge < -0.3 is 10.4 Å². The number of aliphatic hydroxyl groups is 1. The van der Waals surface area contributed by atoms with Gasteiger partial charge in [0, 0.05) is 17.2 Å². The highest BCUT2D eigenvalue weighted by atomic mass is 32.2. The van der Waals surface area contributed by atoms with Gasteiger partial charge in [0.2, 0.25) is 0 Å². The van der Waals surface area contributed by atoms with Crippen molar-refractivity contribution in [3.8, 4) is 11.3 Å². The van der Waals surface area contributed by atoms with Crippen LogP contribution in [0.2, 0.25) is 0 Å². The van der Waals surface area contributed by atoms with Gasteiger partial charge in [-0.1, -0.05) is 0 Å². The second kappa shape index (κ2) is 8.30. The normalized spacial score (nSPS) is 23.3. The van der Waals surface area contributed by atoms with Crippen LogP contribution >= 0.6 is 11.8 Å². The Balaban J connectivity index is 1.56. The van der Waals surface area contributed by atoms with E-state index < -0.39 is 17.0 Å². The average molecular weight is 414 g/mol. The van der Waals surface area contributed by atoms with Gasteiger partial charge in [0.25, 0.3) is 11.1 Å². The van der Waals surface area contributed by atoms with Crippen molar-refractivity contribution < 1.29 is 19.1 Å². The maximum absolute atomic E-state index is 14.2. The standard InChI is InChI=1S/C20H19FN4O3S/c21-15-6-1-11(7-12(15)8-17-19(27)25-20(28)29-17)16-9-22-10-18(24-16)23-13-2-4-14(26)5-3-13/h1,6-10,13-14,26H,2-5H2,(H,23,24)(H,25,27,28). The van der Waals surface area contributed by atoms with E-state index in [2.05, 4.69) is 20.6 Å². The fourth-order valence-electron chi connectivity index (χ4n) is 3.38. The first-order valence-corrected chi connectivity index (χ1v) is 10.1. The molecule has 29 heavy (non-hydrogen) atoms. The minimum Gasteiger partial charge on any atom is -0.393 e. The second-order valence-electron chi connectivity index (χ2n) is 7.03. The van der Waals surface area contributed by atoms with Crippen LogP contribution in [0.3, 0.4) is 0 Å². The number of imide groups is 1. The van der Waals surface area contributed by atoms with Crippen LogP contribution in [0, 0.1) is 5.82 Å². The summed E-state index contributed by atoms with van der Waals surface area (Å²) < 4.78 is 14.2. The number of carbonyl (C=O) groups is 2. The molecule has 2 heterocycles. The summed E-state index contributed by atoms with van der Waals surface area (Å²) >= 11 is 0.740. The lowest BCUT2D eigenvalue weighted by molar-refractivity contribution is -0.115. The van der Waals surface area contributed by atoms with Crippen molar-refractivity contribution in [3.05, 3.63) is 46.9 Å². The fraction of sp³-hybridized carbons (Fsp3) is 0.300. The number of benzene rings is 1. The van der Waals surface area contributed by atoms with Crippen LogP contribution in [0.1, 0.15) is 31.2 Å². The molecule has 4 rings (SSSR count). The summed E-state index contributed by atoms with van der Waals surface area (Å²) in [4.78, 5) is 32.0. The van der Waals surface area contributed by atoms with Crippen LogP contribution in [0.25, 0.3) is 17.3 Å². The summed E-state index contributed by atoms with van der Waals surface area (Å²) in [5, 5.41) is 14.6. The number of amides is 2. The van der Waals surface area contributed by atoms with Gasteiger partial charge in [-0.25, -0.2) is 9.37 Å². The smallest absolute Gasteiger partial charge is 0.290 e. The lowest BCUT2D eigenvalue weighted by atomic mass is 9.93. The summed E-state index contributed by atoms with van der Waals surface area (Å²) in [5.41, 5.74) is 1.39. The van der Waals surface area contributed by atoms with Crippen molar-refractivity contribution in [1.29, 1.82) is 0 Å². The van der Waals surface area contributed by atoms with Crippen molar-refractivity contribution in [2.75, 3.05) is 5.32 Å². The number of nitrogens with zero attached hydrogens (tertiary/aromatic N) is 2. The van der Waals surface area contributed by atoms with Gasteiger partial charge in [0.1, 0.15) is 11.6 Å². The summed E-state index contributed by atoms with van der Waals surface area (Å²) in [7, 11) is 0. The Morgan fingerprint density at radius 2 is 2.00 bits per heavy atom. The van der Waals surface area contributed by atoms with Crippen molar-refractivity contribution in [2.24, 2.45) is 0 Å². The largest absolute Gasteiger partial charge is 0.393 e. The zero-order valence-corrected chi connectivity index (χ0v) is 16.2. The molecule has 150 valence electrons. The highest BCUT2D eigenvalue weighted by molar-refractivity contribution is 8.18. The van der Waals surface area contributed by atoms with Gasteiger partial charge in [0.15, 0.2) is 0 Å². The fourth-order valence-corrected chi connectivity index (χ4v) is 4.05. The molecule has 0 unspecified atom stereocenters. The van der Waals surface area contributed by atoms with Crippen LogP contribution < -0.4 is 10.6 Å². The molecular formula is C20H19FN4O3S. The van der Waals surface area contributed by atoms with E-state index in [4.69, 9.17) is 0 Å². The van der Waals surface area contributed by atoms with Gasteiger partial charge in [-0.3, -0.25) is 19.9 Å². The predicted octanol–water partition coefficient (Wildman–Crippen LogP) is 3.32. The number of halogens is 1. The van der Waals surface area contributed by atoms with Gasteiger partial charge in [-0.05, 0) is 61.7 Å². The number of aliphatic hydroxyl groups excluding tert-OH is 1. The Labute approximate surface area is 170 Å². The van der Waals surface area contributed by atoms with E-state index in [1.165, 1.54) is 12.1 Å². The van der Waals surface area contributed by atoms with Gasteiger partial charge in [0.05, 0.1) is 29.1 Å². The predicted molar refractivity (Wildman–Crippen MR) is 108 cm³/mol. The Bertz CT molecular complexity index is 989. The number of nitrogens with one attached hydrogen (secondary N) is 2. The second-order valence-corrected chi connectivity index (χ2v) is 8.04. The molecule has 9 heteroatoms. The molecule has 2 fully saturated rings. The van der Waals surface area contributed by atoms with Gasteiger partial charge in [-0.2, -0.15) is 0 Å². The van der Waals surface area contributed by atoms with E-state index in [-0.39, 0.29) is 22.6 Å². The number of carbonyl (C=O) groups excluding carboxylic acids is 2. The summed E-state index contributed by atoms with van der Waals surface area (Å²) in [6.45, 7) is 0. The highest BCUT2D eigenvalue weighted by Gasteiger charge is 2.25. The molecule has 1 saturated carbocycles. The zero-order valence-electron chi connectivity index (χ0n) is 15.4. The third kappa shape index (κ3) is 4.63. The third-order valence-electron chi connectivity index (χ3n) is 4.90. The molecule has 1 saturated heterocycles. The van der Waals surface area contributed by atoms with Crippen LogP contribution in [-0.2, 0) is 4.79 Å². The number of anilines is 1. The molecule has 1 aromatic carbocycles. The molecule has 1 aliphatic carbocycles. The minimum atomic E-state index is -0.534. The topological polar surface area (TPSA) is 104 Å². The molecule has 3 N–H and O–H groups in total. The molecule has 2 aromatic rings. The Morgan fingerprint density at radius 1 is 1.21 bits per heavy atom. The summed E-state index contributed by atoms with van der Waals surface area (Å²) in [5.74, 6) is -0.421. The average Bonchev–Trinajstić information content (AvgIpc) is 3.02.